The molecule has 0 aliphatic heterocycles. The number of rotatable bonds is 3. The van der Waals surface area contributed by atoms with Crippen LogP contribution in [0.15, 0.2) is 30.3 Å². The monoisotopic (exact) mass is 259 g/mol. The quantitative estimate of drug-likeness (QED) is 0.921. The predicted octanol–water partition coefficient (Wildman–Crippen LogP) is 3.18. The minimum atomic E-state index is 0.550. The number of benzene rings is 1. The van der Waals surface area contributed by atoms with Gasteiger partial charge in [-0.05, 0) is 24.5 Å². The second-order valence-electron chi connectivity index (χ2n) is 4.68. The van der Waals surface area contributed by atoms with Crippen molar-refractivity contribution in [1.82, 2.24) is 9.97 Å². The van der Waals surface area contributed by atoms with Crippen LogP contribution in [0.25, 0.3) is 0 Å². The number of hydrogen-bond donors (Lipinski definition) is 1. The molecule has 2 N–H and O–H groups in total. The summed E-state index contributed by atoms with van der Waals surface area (Å²) < 4.78 is 0. The van der Waals surface area contributed by atoms with E-state index in [4.69, 9.17) is 17.3 Å². The zero-order chi connectivity index (χ0) is 12.5. The number of nitrogen functional groups attached to an aromatic ring is 1. The minimum Gasteiger partial charge on any atom is -0.384 e. The van der Waals surface area contributed by atoms with Crippen LogP contribution in [-0.2, 0) is 6.42 Å². The smallest absolute Gasteiger partial charge is 0.135 e. The number of nitrogens with two attached hydrogens (primary N) is 1. The molecule has 92 valence electrons. The van der Waals surface area contributed by atoms with E-state index in [2.05, 4.69) is 9.97 Å². The van der Waals surface area contributed by atoms with Crippen molar-refractivity contribution < 1.29 is 0 Å². The second-order valence-corrected chi connectivity index (χ2v) is 5.08. The Kier molecular flexibility index (Phi) is 2.92. The van der Waals surface area contributed by atoms with Crippen LogP contribution >= 0.6 is 11.6 Å². The van der Waals surface area contributed by atoms with Crippen LogP contribution in [0.1, 0.15) is 35.8 Å². The topological polar surface area (TPSA) is 51.8 Å². The molecule has 0 amide bonds. The Morgan fingerprint density at radius 2 is 2.00 bits per heavy atom. The summed E-state index contributed by atoms with van der Waals surface area (Å²) in [6.07, 6.45) is 3.05. The molecule has 1 aliphatic rings. The largest absolute Gasteiger partial charge is 0.384 e. The van der Waals surface area contributed by atoms with Gasteiger partial charge in [0.1, 0.15) is 11.6 Å². The molecule has 0 atom stereocenters. The van der Waals surface area contributed by atoms with E-state index >= 15 is 0 Å². The number of aromatic nitrogens is 2. The lowest BCUT2D eigenvalue weighted by atomic mass is 10.1. The molecule has 4 heteroatoms. The first-order valence-electron chi connectivity index (χ1n) is 6.09. The van der Waals surface area contributed by atoms with Gasteiger partial charge in [-0.1, -0.05) is 29.8 Å². The van der Waals surface area contributed by atoms with Crippen LogP contribution in [-0.4, -0.2) is 9.97 Å². The van der Waals surface area contributed by atoms with Gasteiger partial charge in [-0.15, -0.1) is 0 Å². The average molecular weight is 260 g/mol. The molecule has 1 aromatic heterocycles. The summed E-state index contributed by atoms with van der Waals surface area (Å²) in [6.45, 7) is 0. The Bertz CT molecular complexity index is 579. The molecular formula is C14H14ClN3. The van der Waals surface area contributed by atoms with E-state index in [1.54, 1.807) is 0 Å². The van der Waals surface area contributed by atoms with Gasteiger partial charge in [0.25, 0.3) is 0 Å². The standard InChI is InChI=1S/C14H14ClN3/c15-11-4-2-1-3-10(11)7-14-17-12(9-5-6-9)8-13(16)18-14/h1-4,8-9H,5-7H2,(H2,16,17,18). The maximum Gasteiger partial charge on any atom is 0.135 e. The fourth-order valence-electron chi connectivity index (χ4n) is 2.02. The normalized spacial score (nSPS) is 14.7. The zero-order valence-corrected chi connectivity index (χ0v) is 10.7. The number of halogens is 1. The summed E-state index contributed by atoms with van der Waals surface area (Å²) in [4.78, 5) is 8.87. The molecule has 0 radical (unpaired) electrons. The third-order valence-corrected chi connectivity index (χ3v) is 3.48. The van der Waals surface area contributed by atoms with Crippen molar-refractivity contribution in [2.24, 2.45) is 0 Å². The van der Waals surface area contributed by atoms with Crippen molar-refractivity contribution in [2.45, 2.75) is 25.2 Å². The first-order chi connectivity index (χ1) is 8.72. The number of nitrogens with zero attached hydrogens (tertiary/aromatic N) is 2. The Morgan fingerprint density at radius 3 is 2.72 bits per heavy atom. The fraction of sp³-hybridized carbons (Fsp3) is 0.286. The van der Waals surface area contributed by atoms with Crippen LogP contribution in [0.5, 0.6) is 0 Å². The molecule has 3 rings (SSSR count). The minimum absolute atomic E-state index is 0.550. The molecule has 0 saturated heterocycles. The van der Waals surface area contributed by atoms with Gasteiger partial charge in [0.05, 0.1) is 0 Å². The van der Waals surface area contributed by atoms with Crippen molar-refractivity contribution in [2.75, 3.05) is 5.73 Å². The molecule has 1 aromatic carbocycles. The third kappa shape index (κ3) is 2.46. The van der Waals surface area contributed by atoms with Gasteiger partial charge in [0.2, 0.25) is 0 Å². The number of anilines is 1. The van der Waals surface area contributed by atoms with Crippen LogP contribution in [0, 0.1) is 0 Å². The summed E-state index contributed by atoms with van der Waals surface area (Å²) in [5.41, 5.74) is 7.94. The van der Waals surface area contributed by atoms with Crippen LogP contribution in [0.4, 0.5) is 5.82 Å². The van der Waals surface area contributed by atoms with Gasteiger partial charge in [-0.3, -0.25) is 0 Å². The molecule has 18 heavy (non-hydrogen) atoms. The SMILES string of the molecule is Nc1cc(C2CC2)nc(Cc2ccccc2Cl)n1. The van der Waals surface area contributed by atoms with E-state index in [0.29, 0.717) is 18.2 Å². The van der Waals surface area contributed by atoms with Gasteiger partial charge >= 0.3 is 0 Å². The Morgan fingerprint density at radius 1 is 1.22 bits per heavy atom. The van der Waals surface area contributed by atoms with Gasteiger partial charge in [0.15, 0.2) is 0 Å². The van der Waals surface area contributed by atoms with Crippen molar-refractivity contribution >= 4 is 17.4 Å². The highest BCUT2D eigenvalue weighted by atomic mass is 35.5. The maximum absolute atomic E-state index is 6.14. The highest BCUT2D eigenvalue weighted by Gasteiger charge is 2.25. The molecule has 0 unspecified atom stereocenters. The van der Waals surface area contributed by atoms with E-state index in [9.17, 15) is 0 Å². The van der Waals surface area contributed by atoms with E-state index < -0.39 is 0 Å². The van der Waals surface area contributed by atoms with Crippen molar-refractivity contribution in [1.29, 1.82) is 0 Å². The molecule has 1 aliphatic carbocycles. The highest BCUT2D eigenvalue weighted by Crippen LogP contribution is 2.39. The lowest BCUT2D eigenvalue weighted by Crippen LogP contribution is -2.03. The van der Waals surface area contributed by atoms with E-state index in [0.717, 1.165) is 22.1 Å². The summed E-state index contributed by atoms with van der Waals surface area (Å²) in [7, 11) is 0. The summed E-state index contributed by atoms with van der Waals surface area (Å²) >= 11 is 6.14. The molecule has 2 aromatic rings. The van der Waals surface area contributed by atoms with Gasteiger partial charge in [-0.25, -0.2) is 9.97 Å². The van der Waals surface area contributed by atoms with Crippen LogP contribution in [0.3, 0.4) is 0 Å². The predicted molar refractivity (Wildman–Crippen MR) is 72.7 cm³/mol. The first kappa shape index (κ1) is 11.5. The lowest BCUT2D eigenvalue weighted by molar-refractivity contribution is 0.905. The first-order valence-corrected chi connectivity index (χ1v) is 6.47. The molecular weight excluding hydrogens is 246 g/mol. The fourth-order valence-corrected chi connectivity index (χ4v) is 2.22. The van der Waals surface area contributed by atoms with Crippen molar-refractivity contribution in [3.63, 3.8) is 0 Å². The molecule has 0 spiro atoms. The van der Waals surface area contributed by atoms with Gasteiger partial charge < -0.3 is 5.73 Å². The lowest BCUT2D eigenvalue weighted by Gasteiger charge is -2.06. The van der Waals surface area contributed by atoms with Gasteiger partial charge in [0, 0.05) is 29.1 Å². The second kappa shape index (κ2) is 4.58. The Labute approximate surface area is 111 Å². The molecule has 1 saturated carbocycles. The summed E-state index contributed by atoms with van der Waals surface area (Å²) in [5.74, 6) is 1.89. The molecule has 1 fully saturated rings. The Hall–Kier alpha value is -1.61. The van der Waals surface area contributed by atoms with Crippen LogP contribution in [0.2, 0.25) is 5.02 Å². The van der Waals surface area contributed by atoms with Gasteiger partial charge in [-0.2, -0.15) is 0 Å². The number of hydrogen-bond acceptors (Lipinski definition) is 3. The Balaban J connectivity index is 1.90. The summed E-state index contributed by atoms with van der Waals surface area (Å²) in [5, 5.41) is 0.747. The average Bonchev–Trinajstić information content (AvgIpc) is 3.15. The zero-order valence-electron chi connectivity index (χ0n) is 9.94. The molecule has 3 nitrogen and oxygen atoms in total. The van der Waals surface area contributed by atoms with Crippen molar-refractivity contribution in [3.8, 4) is 0 Å². The van der Waals surface area contributed by atoms with Crippen LogP contribution < -0.4 is 5.73 Å². The maximum atomic E-state index is 6.14. The highest BCUT2D eigenvalue weighted by molar-refractivity contribution is 6.31. The molecule has 0 bridgehead atoms. The van der Waals surface area contributed by atoms with Crippen molar-refractivity contribution in [3.05, 3.63) is 52.4 Å². The molecule has 1 heterocycles. The van der Waals surface area contributed by atoms with E-state index in [1.165, 1.54) is 12.8 Å². The van der Waals surface area contributed by atoms with E-state index in [1.807, 2.05) is 30.3 Å². The third-order valence-electron chi connectivity index (χ3n) is 3.11. The van der Waals surface area contributed by atoms with E-state index in [-0.39, 0.29) is 0 Å². The summed E-state index contributed by atoms with van der Waals surface area (Å²) in [6, 6.07) is 9.64.